The van der Waals surface area contributed by atoms with E-state index < -0.39 is 20.5 Å². The smallest absolute Gasteiger partial charge is 0.265 e. The van der Waals surface area contributed by atoms with Crippen LogP contribution in [0.25, 0.3) is 0 Å². The van der Waals surface area contributed by atoms with Gasteiger partial charge in [-0.2, -0.15) is 0 Å². The molecular formula is C19H22ClFN2O5S. The Morgan fingerprint density at radius 3 is 2.28 bits per heavy atom. The van der Waals surface area contributed by atoms with E-state index in [1.807, 2.05) is 0 Å². The number of aryl methyl sites for hydroxylation is 1. The van der Waals surface area contributed by atoms with Crippen molar-refractivity contribution in [2.24, 2.45) is 0 Å². The predicted molar refractivity (Wildman–Crippen MR) is 107 cm³/mol. The maximum atomic E-state index is 13.4. The van der Waals surface area contributed by atoms with Gasteiger partial charge >= 0.3 is 0 Å². The van der Waals surface area contributed by atoms with Crippen molar-refractivity contribution >= 4 is 28.2 Å². The number of amides is 1. The third-order valence-electron chi connectivity index (χ3n) is 4.94. The van der Waals surface area contributed by atoms with E-state index in [-0.39, 0.29) is 36.0 Å². The SMILES string of the molecule is Cc1cc(Oc2ccc(S(=O)(=O)C3(C(=O)NO)CCNCC3)cc2)ccc1F.Cl. The highest BCUT2D eigenvalue weighted by atomic mass is 35.5. The minimum absolute atomic E-state index is 0. The average Bonchev–Trinajstić information content (AvgIpc) is 2.71. The fourth-order valence-corrected chi connectivity index (χ4v) is 5.26. The Bertz CT molecular complexity index is 977. The first-order chi connectivity index (χ1) is 13.3. The number of sulfone groups is 1. The van der Waals surface area contributed by atoms with Crippen LogP contribution in [-0.2, 0) is 14.6 Å². The van der Waals surface area contributed by atoms with Crippen LogP contribution in [0.3, 0.4) is 0 Å². The monoisotopic (exact) mass is 444 g/mol. The summed E-state index contributed by atoms with van der Waals surface area (Å²) >= 11 is 0. The van der Waals surface area contributed by atoms with Gasteiger partial charge in [0, 0.05) is 0 Å². The van der Waals surface area contributed by atoms with E-state index in [2.05, 4.69) is 5.32 Å². The van der Waals surface area contributed by atoms with Gasteiger partial charge in [0.05, 0.1) is 4.90 Å². The number of nitrogens with one attached hydrogen (secondary N) is 2. The number of rotatable bonds is 5. The molecule has 2 aromatic rings. The van der Waals surface area contributed by atoms with Crippen molar-refractivity contribution in [2.75, 3.05) is 13.1 Å². The molecule has 0 bridgehead atoms. The molecule has 1 heterocycles. The largest absolute Gasteiger partial charge is 0.457 e. The fraction of sp³-hybridized carbons (Fsp3) is 0.316. The normalized spacial score (nSPS) is 15.8. The number of hydrogen-bond donors (Lipinski definition) is 3. The number of piperidine rings is 1. The standard InChI is InChI=1S/C19H21FN2O5S.ClH/c1-13-12-15(4-7-17(13)20)27-14-2-5-16(6-3-14)28(25,26)19(18(23)22-24)8-10-21-11-9-19;/h2-7,12,21,24H,8-11H2,1H3,(H,22,23);1H. The van der Waals surface area contributed by atoms with Crippen molar-refractivity contribution < 1.29 is 27.5 Å². The second-order valence-electron chi connectivity index (χ2n) is 6.67. The van der Waals surface area contributed by atoms with Gasteiger partial charge in [-0.3, -0.25) is 10.0 Å². The lowest BCUT2D eigenvalue weighted by molar-refractivity contribution is -0.132. The van der Waals surface area contributed by atoms with Gasteiger partial charge in [0.2, 0.25) is 0 Å². The second kappa shape index (κ2) is 9.08. The summed E-state index contributed by atoms with van der Waals surface area (Å²) in [5.41, 5.74) is 1.93. The lowest BCUT2D eigenvalue weighted by Crippen LogP contribution is -2.57. The molecule has 1 amide bonds. The van der Waals surface area contributed by atoms with Crippen LogP contribution < -0.4 is 15.5 Å². The molecule has 29 heavy (non-hydrogen) atoms. The van der Waals surface area contributed by atoms with E-state index in [4.69, 9.17) is 9.94 Å². The Morgan fingerprint density at radius 2 is 1.72 bits per heavy atom. The molecule has 0 spiro atoms. The zero-order chi connectivity index (χ0) is 20.4. The minimum Gasteiger partial charge on any atom is -0.457 e. The van der Waals surface area contributed by atoms with Crippen molar-refractivity contribution in [1.82, 2.24) is 10.8 Å². The van der Waals surface area contributed by atoms with Crippen molar-refractivity contribution in [3.05, 3.63) is 53.8 Å². The molecule has 0 aliphatic carbocycles. The summed E-state index contributed by atoms with van der Waals surface area (Å²) < 4.78 is 43.6. The maximum absolute atomic E-state index is 13.4. The summed E-state index contributed by atoms with van der Waals surface area (Å²) in [7, 11) is -4.05. The summed E-state index contributed by atoms with van der Waals surface area (Å²) in [5.74, 6) is -0.487. The molecular weight excluding hydrogens is 423 g/mol. The van der Waals surface area contributed by atoms with Crippen molar-refractivity contribution in [3.8, 4) is 11.5 Å². The van der Waals surface area contributed by atoms with Gasteiger partial charge in [-0.25, -0.2) is 18.3 Å². The Balaban J connectivity index is 0.00000300. The number of carbonyl (C=O) groups is 1. The topological polar surface area (TPSA) is 105 Å². The van der Waals surface area contributed by atoms with Crippen molar-refractivity contribution in [1.29, 1.82) is 0 Å². The van der Waals surface area contributed by atoms with Crippen LogP contribution in [0, 0.1) is 12.7 Å². The van der Waals surface area contributed by atoms with Gasteiger partial charge in [0.1, 0.15) is 17.3 Å². The molecule has 0 radical (unpaired) electrons. The third-order valence-corrected chi connectivity index (χ3v) is 7.46. The summed E-state index contributed by atoms with van der Waals surface area (Å²) in [6.45, 7) is 2.30. The molecule has 0 aromatic heterocycles. The van der Waals surface area contributed by atoms with Crippen LogP contribution >= 0.6 is 12.4 Å². The number of hydrogen-bond acceptors (Lipinski definition) is 6. The number of hydroxylamine groups is 1. The summed E-state index contributed by atoms with van der Waals surface area (Å²) in [6.07, 6.45) is 0.101. The molecule has 7 nitrogen and oxygen atoms in total. The van der Waals surface area contributed by atoms with Crippen LogP contribution in [0.5, 0.6) is 11.5 Å². The zero-order valence-corrected chi connectivity index (χ0v) is 17.3. The lowest BCUT2D eigenvalue weighted by Gasteiger charge is -2.34. The van der Waals surface area contributed by atoms with E-state index in [0.717, 1.165) is 0 Å². The number of benzene rings is 2. The highest BCUT2D eigenvalue weighted by molar-refractivity contribution is 7.93. The number of halogens is 2. The minimum atomic E-state index is -4.05. The maximum Gasteiger partial charge on any atom is 0.265 e. The van der Waals surface area contributed by atoms with Crippen LogP contribution in [-0.4, -0.2) is 37.4 Å². The van der Waals surface area contributed by atoms with Gasteiger partial charge in [-0.1, -0.05) is 0 Å². The van der Waals surface area contributed by atoms with E-state index in [1.165, 1.54) is 47.9 Å². The first kappa shape index (κ1) is 23.1. The van der Waals surface area contributed by atoms with E-state index in [9.17, 15) is 17.6 Å². The van der Waals surface area contributed by atoms with Crippen LogP contribution in [0.4, 0.5) is 4.39 Å². The highest BCUT2D eigenvalue weighted by Crippen LogP contribution is 2.35. The average molecular weight is 445 g/mol. The molecule has 10 heteroatoms. The van der Waals surface area contributed by atoms with Gasteiger partial charge in [0.25, 0.3) is 5.91 Å². The van der Waals surface area contributed by atoms with Crippen LogP contribution in [0.15, 0.2) is 47.4 Å². The molecule has 1 aliphatic heterocycles. The lowest BCUT2D eigenvalue weighted by atomic mass is 9.96. The molecule has 1 fully saturated rings. The molecule has 158 valence electrons. The molecule has 1 aliphatic rings. The highest BCUT2D eigenvalue weighted by Gasteiger charge is 2.51. The van der Waals surface area contributed by atoms with E-state index in [1.54, 1.807) is 6.92 Å². The fourth-order valence-electron chi connectivity index (χ4n) is 3.28. The van der Waals surface area contributed by atoms with Crippen molar-refractivity contribution in [2.45, 2.75) is 29.4 Å². The molecule has 3 N–H and O–H groups in total. The molecule has 3 rings (SSSR count). The van der Waals surface area contributed by atoms with Crippen LogP contribution in [0.1, 0.15) is 18.4 Å². The molecule has 0 unspecified atom stereocenters. The molecule has 0 saturated carbocycles. The molecule has 1 saturated heterocycles. The van der Waals surface area contributed by atoms with Crippen molar-refractivity contribution in [3.63, 3.8) is 0 Å². The van der Waals surface area contributed by atoms with E-state index in [0.29, 0.717) is 30.2 Å². The summed E-state index contributed by atoms with van der Waals surface area (Å²) in [6, 6.07) is 9.95. The Labute approximate surface area is 174 Å². The van der Waals surface area contributed by atoms with Gasteiger partial charge in [-0.05, 0) is 80.9 Å². The zero-order valence-electron chi connectivity index (χ0n) is 15.6. The predicted octanol–water partition coefficient (Wildman–Crippen LogP) is 2.75. The van der Waals surface area contributed by atoms with Crippen LogP contribution in [0.2, 0.25) is 0 Å². The van der Waals surface area contributed by atoms with Gasteiger partial charge in [0.15, 0.2) is 14.6 Å². The van der Waals surface area contributed by atoms with E-state index >= 15 is 0 Å². The Hall–Kier alpha value is -2.20. The molecule has 2 aromatic carbocycles. The summed E-state index contributed by atoms with van der Waals surface area (Å²) in [4.78, 5) is 12.2. The first-order valence-electron chi connectivity index (χ1n) is 8.74. The summed E-state index contributed by atoms with van der Waals surface area (Å²) in [5, 5.41) is 12.1. The third kappa shape index (κ3) is 4.37. The number of carbonyl (C=O) groups excluding carboxylic acids is 1. The first-order valence-corrected chi connectivity index (χ1v) is 10.2. The number of ether oxygens (including phenoxy) is 1. The van der Waals surface area contributed by atoms with Gasteiger partial charge < -0.3 is 10.1 Å². The second-order valence-corrected chi connectivity index (χ2v) is 8.93. The molecule has 0 atom stereocenters. The quantitative estimate of drug-likeness (QED) is 0.484. The Kier molecular flexibility index (Phi) is 7.23. The van der Waals surface area contributed by atoms with Gasteiger partial charge in [-0.15, -0.1) is 12.4 Å². The Morgan fingerprint density at radius 1 is 1.14 bits per heavy atom.